The molecular weight excluding hydrogens is 311 g/mol. The Morgan fingerprint density at radius 1 is 1.13 bits per heavy atom. The first-order chi connectivity index (χ1) is 11.1. The Hall–Kier alpha value is -1.98. The van der Waals surface area contributed by atoms with Gasteiger partial charge in [-0.3, -0.25) is 0 Å². The lowest BCUT2D eigenvalue weighted by atomic mass is 10.1. The van der Waals surface area contributed by atoms with Crippen LogP contribution in [0, 0.1) is 5.82 Å². The van der Waals surface area contributed by atoms with Gasteiger partial charge in [-0.15, -0.1) is 11.3 Å². The van der Waals surface area contributed by atoms with Crippen LogP contribution in [0.15, 0.2) is 42.5 Å². The van der Waals surface area contributed by atoms with Crippen molar-refractivity contribution in [3.8, 4) is 5.75 Å². The molecule has 0 N–H and O–H groups in total. The number of aromatic nitrogens is 1. The Morgan fingerprint density at radius 2 is 1.91 bits per heavy atom. The summed E-state index contributed by atoms with van der Waals surface area (Å²) in [6, 6.07) is 12.6. The smallest absolute Gasteiger partial charge is 0.123 e. The molecule has 3 rings (SSSR count). The zero-order valence-corrected chi connectivity index (χ0v) is 14.1. The molecule has 0 spiro atoms. The van der Waals surface area contributed by atoms with Crippen LogP contribution in [0.3, 0.4) is 0 Å². The summed E-state index contributed by atoms with van der Waals surface area (Å²) in [5.41, 5.74) is 2.04. The fourth-order valence-electron chi connectivity index (χ4n) is 2.24. The van der Waals surface area contributed by atoms with E-state index < -0.39 is 0 Å². The minimum absolute atomic E-state index is 0.211. The molecule has 0 aliphatic heterocycles. The first-order valence-electron chi connectivity index (χ1n) is 7.51. The highest BCUT2D eigenvalue weighted by Gasteiger charge is 2.07. The summed E-state index contributed by atoms with van der Waals surface area (Å²) >= 11 is 1.65. The summed E-state index contributed by atoms with van der Waals surface area (Å²) in [7, 11) is 4.05. The number of benzene rings is 2. The van der Waals surface area contributed by atoms with Crippen LogP contribution >= 0.6 is 11.3 Å². The molecule has 3 nitrogen and oxygen atoms in total. The summed E-state index contributed by atoms with van der Waals surface area (Å²) in [6.45, 7) is 1.55. The molecule has 0 aliphatic rings. The monoisotopic (exact) mass is 330 g/mol. The van der Waals surface area contributed by atoms with E-state index in [9.17, 15) is 4.39 Å². The molecule has 0 fully saturated rings. The molecule has 0 saturated heterocycles. The van der Waals surface area contributed by atoms with Crippen LogP contribution in [0.25, 0.3) is 10.2 Å². The Bertz CT molecular complexity index is 783. The summed E-state index contributed by atoms with van der Waals surface area (Å²) in [5.74, 6) is 0.661. The van der Waals surface area contributed by atoms with Crippen molar-refractivity contribution in [2.24, 2.45) is 0 Å². The minimum Gasteiger partial charge on any atom is -0.492 e. The third kappa shape index (κ3) is 4.27. The van der Waals surface area contributed by atoms with Crippen molar-refractivity contribution in [3.63, 3.8) is 0 Å². The first-order valence-corrected chi connectivity index (χ1v) is 8.33. The molecule has 0 unspecified atom stereocenters. The second-order valence-electron chi connectivity index (χ2n) is 5.69. The van der Waals surface area contributed by atoms with Gasteiger partial charge in [-0.25, -0.2) is 9.37 Å². The van der Waals surface area contributed by atoms with Crippen molar-refractivity contribution >= 4 is 21.6 Å². The van der Waals surface area contributed by atoms with Gasteiger partial charge in [-0.1, -0.05) is 12.1 Å². The SMILES string of the molecule is CN(C)CCOc1ccc2nc(Cc3ccc(F)cc3)sc2c1. The van der Waals surface area contributed by atoms with Crippen molar-refractivity contribution in [3.05, 3.63) is 58.9 Å². The maximum Gasteiger partial charge on any atom is 0.123 e. The quantitative estimate of drug-likeness (QED) is 0.684. The topological polar surface area (TPSA) is 25.4 Å². The average molecular weight is 330 g/mol. The zero-order valence-electron chi connectivity index (χ0n) is 13.3. The standard InChI is InChI=1S/C18H19FN2OS/c1-21(2)9-10-22-15-7-8-16-17(12-15)23-18(20-16)11-13-3-5-14(19)6-4-13/h3-8,12H,9-11H2,1-2H3. The Morgan fingerprint density at radius 3 is 2.65 bits per heavy atom. The third-order valence-electron chi connectivity index (χ3n) is 3.48. The molecule has 23 heavy (non-hydrogen) atoms. The van der Waals surface area contributed by atoms with Gasteiger partial charge < -0.3 is 9.64 Å². The van der Waals surface area contributed by atoms with Gasteiger partial charge in [0, 0.05) is 13.0 Å². The predicted molar refractivity (Wildman–Crippen MR) is 92.9 cm³/mol. The molecule has 1 aromatic heterocycles. The van der Waals surface area contributed by atoms with E-state index in [0.29, 0.717) is 6.61 Å². The molecule has 0 saturated carbocycles. The molecule has 1 heterocycles. The number of nitrogens with zero attached hydrogens (tertiary/aromatic N) is 2. The molecule has 3 aromatic rings. The molecule has 0 radical (unpaired) electrons. The van der Waals surface area contributed by atoms with Gasteiger partial charge in [0.15, 0.2) is 0 Å². The maximum atomic E-state index is 13.0. The van der Waals surface area contributed by atoms with Crippen LogP contribution in [0.2, 0.25) is 0 Å². The van der Waals surface area contributed by atoms with Crippen molar-refractivity contribution in [2.75, 3.05) is 27.2 Å². The van der Waals surface area contributed by atoms with E-state index in [0.717, 1.165) is 39.5 Å². The highest BCUT2D eigenvalue weighted by molar-refractivity contribution is 7.18. The number of ether oxygens (including phenoxy) is 1. The normalized spacial score (nSPS) is 11.3. The second-order valence-corrected chi connectivity index (χ2v) is 6.81. The number of likely N-dealkylation sites (N-methyl/N-ethyl adjacent to an activating group) is 1. The lowest BCUT2D eigenvalue weighted by Crippen LogP contribution is -2.19. The van der Waals surface area contributed by atoms with E-state index >= 15 is 0 Å². The lowest BCUT2D eigenvalue weighted by Gasteiger charge is -2.10. The minimum atomic E-state index is -0.211. The van der Waals surface area contributed by atoms with Crippen LogP contribution < -0.4 is 4.74 Å². The average Bonchev–Trinajstić information content (AvgIpc) is 2.91. The van der Waals surface area contributed by atoms with E-state index in [1.165, 1.54) is 12.1 Å². The Labute approximate surface area is 139 Å². The fourth-order valence-corrected chi connectivity index (χ4v) is 3.27. The van der Waals surface area contributed by atoms with Gasteiger partial charge in [0.2, 0.25) is 0 Å². The molecule has 0 amide bonds. The van der Waals surface area contributed by atoms with Gasteiger partial charge in [0.1, 0.15) is 18.2 Å². The van der Waals surface area contributed by atoms with Crippen LogP contribution in [0.5, 0.6) is 5.75 Å². The van der Waals surface area contributed by atoms with E-state index in [1.54, 1.807) is 23.5 Å². The molecule has 0 atom stereocenters. The summed E-state index contributed by atoms with van der Waals surface area (Å²) < 4.78 is 19.8. The molecule has 0 bridgehead atoms. The van der Waals surface area contributed by atoms with E-state index in [4.69, 9.17) is 4.74 Å². The van der Waals surface area contributed by atoms with Crippen molar-refractivity contribution in [1.82, 2.24) is 9.88 Å². The maximum absolute atomic E-state index is 13.0. The number of rotatable bonds is 6. The highest BCUT2D eigenvalue weighted by atomic mass is 32.1. The lowest BCUT2D eigenvalue weighted by molar-refractivity contribution is 0.261. The van der Waals surface area contributed by atoms with Crippen molar-refractivity contribution in [1.29, 1.82) is 0 Å². The Kier molecular flexibility index (Phi) is 4.88. The predicted octanol–water partition coefficient (Wildman–Crippen LogP) is 3.97. The van der Waals surface area contributed by atoms with Gasteiger partial charge in [0.05, 0.1) is 15.2 Å². The van der Waals surface area contributed by atoms with Crippen molar-refractivity contribution in [2.45, 2.75) is 6.42 Å². The zero-order chi connectivity index (χ0) is 16.2. The Balaban J connectivity index is 1.72. The molecule has 5 heteroatoms. The second kappa shape index (κ2) is 7.06. The van der Waals surface area contributed by atoms with Crippen LogP contribution in [0.1, 0.15) is 10.6 Å². The van der Waals surface area contributed by atoms with E-state index in [2.05, 4.69) is 9.88 Å². The molecule has 0 aliphatic carbocycles. The van der Waals surface area contributed by atoms with Gasteiger partial charge in [0.25, 0.3) is 0 Å². The highest BCUT2D eigenvalue weighted by Crippen LogP contribution is 2.27. The van der Waals surface area contributed by atoms with Gasteiger partial charge >= 0.3 is 0 Å². The summed E-state index contributed by atoms with van der Waals surface area (Å²) in [5, 5.41) is 1.03. The molecule has 2 aromatic carbocycles. The van der Waals surface area contributed by atoms with Gasteiger partial charge in [-0.2, -0.15) is 0 Å². The summed E-state index contributed by atoms with van der Waals surface area (Å²) in [6.07, 6.45) is 0.719. The third-order valence-corrected chi connectivity index (χ3v) is 4.50. The fraction of sp³-hybridized carbons (Fsp3) is 0.278. The number of halogens is 1. The van der Waals surface area contributed by atoms with Crippen molar-refractivity contribution < 1.29 is 9.13 Å². The number of hydrogen-bond donors (Lipinski definition) is 0. The molecular formula is C18H19FN2OS. The van der Waals surface area contributed by atoms with Crippen LogP contribution in [-0.4, -0.2) is 37.1 Å². The largest absolute Gasteiger partial charge is 0.492 e. The van der Waals surface area contributed by atoms with Crippen LogP contribution in [-0.2, 0) is 6.42 Å². The first kappa shape index (κ1) is 15.9. The number of fused-ring (bicyclic) bond motifs is 1. The van der Waals surface area contributed by atoms with E-state index in [-0.39, 0.29) is 5.82 Å². The van der Waals surface area contributed by atoms with Gasteiger partial charge in [-0.05, 0) is 50.0 Å². The molecule has 120 valence electrons. The number of hydrogen-bond acceptors (Lipinski definition) is 4. The van der Waals surface area contributed by atoms with Crippen LogP contribution in [0.4, 0.5) is 4.39 Å². The number of thiazole rings is 1. The van der Waals surface area contributed by atoms with E-state index in [1.807, 2.05) is 32.3 Å². The summed E-state index contributed by atoms with van der Waals surface area (Å²) in [4.78, 5) is 6.73.